The van der Waals surface area contributed by atoms with Crippen LogP contribution in [0.15, 0.2) is 6.07 Å². The summed E-state index contributed by atoms with van der Waals surface area (Å²) in [6.45, 7) is 7.97. The molecular weight excluding hydrogens is 258 g/mol. The molecule has 0 radical (unpaired) electrons. The number of carboxylic acid groups (broad SMARTS) is 1. The van der Waals surface area contributed by atoms with E-state index in [0.717, 1.165) is 11.3 Å². The van der Waals surface area contributed by atoms with Crippen LogP contribution in [-0.2, 0) is 4.79 Å². The van der Waals surface area contributed by atoms with Gasteiger partial charge in [-0.2, -0.15) is 0 Å². The van der Waals surface area contributed by atoms with Crippen molar-refractivity contribution in [2.45, 2.75) is 27.7 Å². The fourth-order valence-electron chi connectivity index (χ4n) is 2.12. The van der Waals surface area contributed by atoms with Gasteiger partial charge in [0.05, 0.1) is 11.5 Å². The fraction of sp³-hybridized carbons (Fsp3) is 0.500. The zero-order valence-corrected chi connectivity index (χ0v) is 12.3. The number of hydrogen-bond acceptors (Lipinski definition) is 4. The predicted molar refractivity (Wildman–Crippen MR) is 76.9 cm³/mol. The lowest BCUT2D eigenvalue weighted by Gasteiger charge is -2.26. The van der Waals surface area contributed by atoms with Crippen LogP contribution in [0, 0.1) is 19.8 Å². The molecule has 0 fully saturated rings. The Bertz CT molecular complexity index is 529. The number of carbonyl (C=O) groups is 2. The van der Waals surface area contributed by atoms with Crippen molar-refractivity contribution >= 4 is 17.7 Å². The van der Waals surface area contributed by atoms with Crippen molar-refractivity contribution in [2.24, 2.45) is 11.7 Å². The quantitative estimate of drug-likeness (QED) is 0.819. The molecule has 20 heavy (non-hydrogen) atoms. The molecule has 1 heterocycles. The predicted octanol–water partition coefficient (Wildman–Crippen LogP) is 1.34. The highest BCUT2D eigenvalue weighted by Crippen LogP contribution is 2.23. The summed E-state index contributed by atoms with van der Waals surface area (Å²) in [4.78, 5) is 28.8. The van der Waals surface area contributed by atoms with Gasteiger partial charge in [-0.25, -0.2) is 4.98 Å². The van der Waals surface area contributed by atoms with Gasteiger partial charge in [-0.1, -0.05) is 6.92 Å². The number of amides is 1. The molecule has 0 aliphatic carbocycles. The molecular formula is C14H21N3O3. The molecule has 0 aromatic carbocycles. The van der Waals surface area contributed by atoms with Gasteiger partial charge in [-0.15, -0.1) is 0 Å². The number of nitrogens with zero attached hydrogens (tertiary/aromatic N) is 2. The smallest absolute Gasteiger partial charge is 0.308 e. The van der Waals surface area contributed by atoms with Crippen molar-refractivity contribution in [2.75, 3.05) is 18.0 Å². The van der Waals surface area contributed by atoms with E-state index in [-0.39, 0.29) is 6.54 Å². The molecule has 1 aromatic rings. The number of anilines is 1. The molecule has 3 N–H and O–H groups in total. The molecule has 1 aromatic heterocycles. The molecule has 1 amide bonds. The molecule has 6 nitrogen and oxygen atoms in total. The van der Waals surface area contributed by atoms with Crippen molar-refractivity contribution in [1.29, 1.82) is 0 Å². The minimum atomic E-state index is -0.881. The summed E-state index contributed by atoms with van der Waals surface area (Å²) in [6.07, 6.45) is 0. The highest BCUT2D eigenvalue weighted by molar-refractivity contribution is 5.99. The molecule has 0 spiro atoms. The molecule has 1 unspecified atom stereocenters. The zero-order chi connectivity index (χ0) is 15.4. The number of carboxylic acids is 1. The van der Waals surface area contributed by atoms with Crippen LogP contribution in [0.25, 0.3) is 0 Å². The maximum absolute atomic E-state index is 11.6. The van der Waals surface area contributed by atoms with E-state index >= 15 is 0 Å². The van der Waals surface area contributed by atoms with Gasteiger partial charge in [0.1, 0.15) is 5.82 Å². The average Bonchev–Trinajstić information content (AvgIpc) is 2.33. The van der Waals surface area contributed by atoms with Crippen LogP contribution >= 0.6 is 0 Å². The molecule has 1 atom stereocenters. The number of aromatic nitrogens is 1. The van der Waals surface area contributed by atoms with Crippen molar-refractivity contribution in [1.82, 2.24) is 4.98 Å². The van der Waals surface area contributed by atoms with Crippen LogP contribution in [0.4, 0.5) is 5.82 Å². The van der Waals surface area contributed by atoms with Crippen LogP contribution in [0.2, 0.25) is 0 Å². The first-order chi connectivity index (χ1) is 9.27. The van der Waals surface area contributed by atoms with Gasteiger partial charge < -0.3 is 15.7 Å². The molecule has 0 bridgehead atoms. The van der Waals surface area contributed by atoms with Crippen LogP contribution in [0.1, 0.15) is 35.5 Å². The molecule has 0 saturated heterocycles. The van der Waals surface area contributed by atoms with E-state index in [1.807, 2.05) is 13.8 Å². The summed E-state index contributed by atoms with van der Waals surface area (Å²) in [7, 11) is 0. The van der Waals surface area contributed by atoms with E-state index in [9.17, 15) is 9.59 Å². The Hall–Kier alpha value is -2.11. The number of aryl methyl sites for hydroxylation is 2. The number of primary amides is 1. The van der Waals surface area contributed by atoms with Gasteiger partial charge in [-0.3, -0.25) is 9.59 Å². The van der Waals surface area contributed by atoms with E-state index in [1.165, 1.54) is 0 Å². The van der Waals surface area contributed by atoms with Gasteiger partial charge in [0, 0.05) is 18.8 Å². The third kappa shape index (κ3) is 3.46. The Morgan fingerprint density at radius 3 is 2.50 bits per heavy atom. The van der Waals surface area contributed by atoms with Gasteiger partial charge in [0.2, 0.25) is 0 Å². The minimum absolute atomic E-state index is 0.280. The van der Waals surface area contributed by atoms with Crippen LogP contribution in [0.3, 0.4) is 0 Å². The second-order valence-corrected chi connectivity index (χ2v) is 4.92. The van der Waals surface area contributed by atoms with E-state index in [4.69, 9.17) is 10.8 Å². The minimum Gasteiger partial charge on any atom is -0.481 e. The molecule has 0 aliphatic rings. The number of nitrogens with two attached hydrogens (primary N) is 1. The lowest BCUT2D eigenvalue weighted by Crippen LogP contribution is -2.34. The number of hydrogen-bond donors (Lipinski definition) is 2. The van der Waals surface area contributed by atoms with Gasteiger partial charge in [-0.05, 0) is 32.4 Å². The molecule has 0 saturated carbocycles. The summed E-state index contributed by atoms with van der Waals surface area (Å²) in [6, 6.07) is 1.79. The molecule has 0 aliphatic heterocycles. The third-order valence-corrected chi connectivity index (χ3v) is 3.17. The van der Waals surface area contributed by atoms with E-state index in [1.54, 1.807) is 24.8 Å². The maximum Gasteiger partial charge on any atom is 0.308 e. The topological polar surface area (TPSA) is 96.5 Å². The lowest BCUT2D eigenvalue weighted by atomic mass is 10.1. The van der Waals surface area contributed by atoms with Crippen molar-refractivity contribution < 1.29 is 14.7 Å². The van der Waals surface area contributed by atoms with E-state index in [2.05, 4.69) is 4.98 Å². The summed E-state index contributed by atoms with van der Waals surface area (Å²) in [5, 5.41) is 9.02. The Kier molecular flexibility index (Phi) is 5.07. The van der Waals surface area contributed by atoms with Crippen molar-refractivity contribution in [3.05, 3.63) is 22.9 Å². The number of pyridine rings is 1. The van der Waals surface area contributed by atoms with Crippen LogP contribution < -0.4 is 10.6 Å². The van der Waals surface area contributed by atoms with Gasteiger partial charge in [0.15, 0.2) is 0 Å². The Morgan fingerprint density at radius 2 is 2.05 bits per heavy atom. The van der Waals surface area contributed by atoms with Crippen molar-refractivity contribution in [3.8, 4) is 0 Å². The second-order valence-electron chi connectivity index (χ2n) is 4.92. The van der Waals surface area contributed by atoms with E-state index < -0.39 is 17.8 Å². The van der Waals surface area contributed by atoms with Gasteiger partial charge in [0.25, 0.3) is 5.91 Å². The van der Waals surface area contributed by atoms with Crippen molar-refractivity contribution in [3.63, 3.8) is 0 Å². The van der Waals surface area contributed by atoms with Gasteiger partial charge >= 0.3 is 5.97 Å². The molecule has 6 heteroatoms. The SMILES string of the molecule is CCN(CC(C)C(=O)O)c1nc(C)cc(C)c1C(N)=O. The number of carbonyl (C=O) groups excluding carboxylic acids is 1. The molecule has 1 rings (SSSR count). The highest BCUT2D eigenvalue weighted by Gasteiger charge is 2.22. The monoisotopic (exact) mass is 279 g/mol. The standard InChI is InChI=1S/C14H21N3O3/c1-5-17(7-9(3)14(19)20)13-11(12(15)18)8(2)6-10(4)16-13/h6,9H,5,7H2,1-4H3,(H2,15,18)(H,19,20). The third-order valence-electron chi connectivity index (χ3n) is 3.17. The fourth-order valence-corrected chi connectivity index (χ4v) is 2.12. The number of aliphatic carboxylic acids is 1. The maximum atomic E-state index is 11.6. The normalized spacial score (nSPS) is 12.0. The summed E-state index contributed by atoms with van der Waals surface area (Å²) >= 11 is 0. The molecule has 110 valence electrons. The summed E-state index contributed by atoms with van der Waals surface area (Å²) in [5.74, 6) is -1.52. The van der Waals surface area contributed by atoms with E-state index in [0.29, 0.717) is 17.9 Å². The Balaban J connectivity index is 3.27. The van der Waals surface area contributed by atoms with Crippen LogP contribution in [0.5, 0.6) is 0 Å². The Labute approximate surface area is 118 Å². The van der Waals surface area contributed by atoms with Crippen LogP contribution in [-0.4, -0.2) is 35.1 Å². The average molecular weight is 279 g/mol. The first-order valence-corrected chi connectivity index (χ1v) is 6.53. The summed E-state index contributed by atoms with van der Waals surface area (Å²) in [5.41, 5.74) is 7.30. The lowest BCUT2D eigenvalue weighted by molar-refractivity contribution is -0.140. The first-order valence-electron chi connectivity index (χ1n) is 6.53. The first kappa shape index (κ1) is 15.9. The Morgan fingerprint density at radius 1 is 1.45 bits per heavy atom. The summed E-state index contributed by atoms with van der Waals surface area (Å²) < 4.78 is 0. The largest absolute Gasteiger partial charge is 0.481 e. The second kappa shape index (κ2) is 6.36. The number of rotatable bonds is 6. The zero-order valence-electron chi connectivity index (χ0n) is 12.3. The highest BCUT2D eigenvalue weighted by atomic mass is 16.4.